The zero-order valence-electron chi connectivity index (χ0n) is 11.6. The van der Waals surface area contributed by atoms with Gasteiger partial charge in [0, 0.05) is 5.56 Å². The van der Waals surface area contributed by atoms with Crippen molar-refractivity contribution < 1.29 is 9.26 Å². The van der Waals surface area contributed by atoms with Gasteiger partial charge in [-0.1, -0.05) is 12.1 Å². The summed E-state index contributed by atoms with van der Waals surface area (Å²) >= 11 is 0. The number of hydrogen-bond donors (Lipinski definition) is 1. The molecule has 19 heavy (non-hydrogen) atoms. The Hall–Kier alpha value is -1.88. The third-order valence-corrected chi connectivity index (χ3v) is 2.81. The van der Waals surface area contributed by atoms with Crippen LogP contribution in [-0.2, 0) is 6.54 Å². The Labute approximate surface area is 112 Å². The minimum Gasteiger partial charge on any atom is -0.493 e. The average Bonchev–Trinajstić information content (AvgIpc) is 2.86. The van der Waals surface area contributed by atoms with Crippen molar-refractivity contribution in [2.75, 3.05) is 6.61 Å². The quantitative estimate of drug-likeness (QED) is 0.895. The third-order valence-electron chi connectivity index (χ3n) is 2.81. The lowest BCUT2D eigenvalue weighted by Gasteiger charge is -2.12. The standard InChI is InChI=1S/C14H19N3O2/c1-4-5-18-13-9(2)6-11(7-10(13)3)14-16-12(8-15)19-17-14/h6-7H,4-5,8,15H2,1-3H3. The van der Waals surface area contributed by atoms with Crippen LogP contribution in [-0.4, -0.2) is 16.7 Å². The minimum atomic E-state index is 0.253. The van der Waals surface area contributed by atoms with E-state index in [1.165, 1.54) is 0 Å². The van der Waals surface area contributed by atoms with Crippen LogP contribution in [0.5, 0.6) is 5.75 Å². The Kier molecular flexibility index (Phi) is 4.16. The summed E-state index contributed by atoms with van der Waals surface area (Å²) in [6.45, 7) is 7.10. The summed E-state index contributed by atoms with van der Waals surface area (Å²) in [6.07, 6.45) is 0.991. The molecule has 0 saturated heterocycles. The van der Waals surface area contributed by atoms with Gasteiger partial charge >= 0.3 is 0 Å². The molecule has 1 heterocycles. The normalized spacial score (nSPS) is 10.7. The molecule has 1 aromatic carbocycles. The fourth-order valence-electron chi connectivity index (χ4n) is 1.97. The van der Waals surface area contributed by atoms with Gasteiger partial charge < -0.3 is 15.0 Å². The van der Waals surface area contributed by atoms with Crippen LogP contribution in [0, 0.1) is 13.8 Å². The van der Waals surface area contributed by atoms with Gasteiger partial charge in [-0.3, -0.25) is 0 Å². The van der Waals surface area contributed by atoms with Crippen LogP contribution in [0.2, 0.25) is 0 Å². The SMILES string of the molecule is CCCOc1c(C)cc(-c2noc(CN)n2)cc1C. The van der Waals surface area contributed by atoms with E-state index >= 15 is 0 Å². The molecule has 1 aromatic heterocycles. The van der Waals surface area contributed by atoms with Crippen LogP contribution in [0.1, 0.15) is 30.4 Å². The number of ether oxygens (including phenoxy) is 1. The Morgan fingerprint density at radius 2 is 1.95 bits per heavy atom. The molecule has 0 saturated carbocycles. The minimum absolute atomic E-state index is 0.253. The van der Waals surface area contributed by atoms with Gasteiger partial charge in [0.15, 0.2) is 0 Å². The maximum Gasteiger partial charge on any atom is 0.240 e. The maximum absolute atomic E-state index is 5.75. The predicted octanol–water partition coefficient (Wildman–Crippen LogP) is 2.60. The molecule has 102 valence electrons. The molecule has 0 radical (unpaired) electrons. The lowest BCUT2D eigenvalue weighted by atomic mass is 10.1. The van der Waals surface area contributed by atoms with Crippen molar-refractivity contribution in [2.45, 2.75) is 33.7 Å². The number of aryl methyl sites for hydroxylation is 2. The first kappa shape index (κ1) is 13.5. The van der Waals surface area contributed by atoms with Crippen molar-refractivity contribution in [3.63, 3.8) is 0 Å². The van der Waals surface area contributed by atoms with Crippen LogP contribution in [0.3, 0.4) is 0 Å². The first-order valence-corrected chi connectivity index (χ1v) is 6.42. The highest BCUT2D eigenvalue weighted by Crippen LogP contribution is 2.29. The van der Waals surface area contributed by atoms with E-state index in [1.807, 2.05) is 26.0 Å². The van der Waals surface area contributed by atoms with E-state index in [4.69, 9.17) is 15.0 Å². The van der Waals surface area contributed by atoms with Crippen LogP contribution >= 0.6 is 0 Å². The zero-order valence-corrected chi connectivity index (χ0v) is 11.6. The van der Waals surface area contributed by atoms with E-state index in [0.29, 0.717) is 11.7 Å². The summed E-state index contributed by atoms with van der Waals surface area (Å²) < 4.78 is 10.8. The van der Waals surface area contributed by atoms with Crippen molar-refractivity contribution in [3.05, 3.63) is 29.2 Å². The largest absolute Gasteiger partial charge is 0.493 e. The molecule has 2 rings (SSSR count). The number of nitrogens with zero attached hydrogens (tertiary/aromatic N) is 2. The van der Waals surface area contributed by atoms with Crippen molar-refractivity contribution in [3.8, 4) is 17.1 Å². The summed E-state index contributed by atoms with van der Waals surface area (Å²) in [5.74, 6) is 1.94. The summed E-state index contributed by atoms with van der Waals surface area (Å²) in [5, 5.41) is 3.92. The number of rotatable bonds is 5. The second-order valence-electron chi connectivity index (χ2n) is 4.50. The summed E-state index contributed by atoms with van der Waals surface area (Å²) in [4.78, 5) is 4.23. The number of aromatic nitrogens is 2. The highest BCUT2D eigenvalue weighted by Gasteiger charge is 2.12. The van der Waals surface area contributed by atoms with Crippen LogP contribution < -0.4 is 10.5 Å². The van der Waals surface area contributed by atoms with E-state index in [0.717, 1.165) is 35.5 Å². The second kappa shape index (κ2) is 5.84. The van der Waals surface area contributed by atoms with E-state index < -0.39 is 0 Å². The van der Waals surface area contributed by atoms with Gasteiger partial charge in [0.1, 0.15) is 5.75 Å². The number of benzene rings is 1. The highest BCUT2D eigenvalue weighted by molar-refractivity contribution is 5.60. The Balaban J connectivity index is 2.33. The van der Waals surface area contributed by atoms with Crippen LogP contribution in [0.25, 0.3) is 11.4 Å². The smallest absolute Gasteiger partial charge is 0.240 e. The van der Waals surface area contributed by atoms with Gasteiger partial charge in [0.25, 0.3) is 0 Å². The number of nitrogens with two attached hydrogens (primary N) is 1. The third kappa shape index (κ3) is 2.93. The first-order valence-electron chi connectivity index (χ1n) is 6.42. The monoisotopic (exact) mass is 261 g/mol. The van der Waals surface area contributed by atoms with Crippen molar-refractivity contribution >= 4 is 0 Å². The van der Waals surface area contributed by atoms with E-state index in [-0.39, 0.29) is 6.54 Å². The van der Waals surface area contributed by atoms with Gasteiger partial charge in [0.2, 0.25) is 11.7 Å². The lowest BCUT2D eigenvalue weighted by Crippen LogP contribution is -2.00. The molecule has 5 heteroatoms. The Bertz CT molecular complexity index is 541. The Morgan fingerprint density at radius 3 is 2.47 bits per heavy atom. The molecule has 0 aliphatic rings. The summed E-state index contributed by atoms with van der Waals surface area (Å²) in [7, 11) is 0. The average molecular weight is 261 g/mol. The fourth-order valence-corrected chi connectivity index (χ4v) is 1.97. The molecule has 2 aromatic rings. The molecule has 0 aliphatic carbocycles. The predicted molar refractivity (Wildman–Crippen MR) is 72.9 cm³/mol. The highest BCUT2D eigenvalue weighted by atomic mass is 16.5. The van der Waals surface area contributed by atoms with Crippen molar-refractivity contribution in [1.29, 1.82) is 0 Å². The molecule has 0 spiro atoms. The number of hydrogen-bond acceptors (Lipinski definition) is 5. The van der Waals surface area contributed by atoms with Crippen LogP contribution in [0.4, 0.5) is 0 Å². The summed E-state index contributed by atoms with van der Waals surface area (Å²) in [5.41, 5.74) is 8.53. The maximum atomic E-state index is 5.75. The van der Waals surface area contributed by atoms with Gasteiger partial charge in [-0.05, 0) is 43.5 Å². The zero-order chi connectivity index (χ0) is 13.8. The molecule has 0 amide bonds. The fraction of sp³-hybridized carbons (Fsp3) is 0.429. The van der Waals surface area contributed by atoms with Gasteiger partial charge in [-0.15, -0.1) is 0 Å². The van der Waals surface area contributed by atoms with Crippen molar-refractivity contribution in [2.24, 2.45) is 5.73 Å². The van der Waals surface area contributed by atoms with Crippen molar-refractivity contribution in [1.82, 2.24) is 10.1 Å². The molecule has 2 N–H and O–H groups in total. The summed E-state index contributed by atoms with van der Waals surface area (Å²) in [6, 6.07) is 4.01. The topological polar surface area (TPSA) is 74.2 Å². The van der Waals surface area contributed by atoms with E-state index in [9.17, 15) is 0 Å². The molecular formula is C14H19N3O2. The molecule has 0 aliphatic heterocycles. The van der Waals surface area contributed by atoms with Crippen LogP contribution in [0.15, 0.2) is 16.7 Å². The molecule has 0 bridgehead atoms. The van der Waals surface area contributed by atoms with Gasteiger partial charge in [-0.25, -0.2) is 0 Å². The van der Waals surface area contributed by atoms with E-state index in [2.05, 4.69) is 17.1 Å². The van der Waals surface area contributed by atoms with Gasteiger partial charge in [0.05, 0.1) is 13.2 Å². The molecule has 0 atom stereocenters. The first-order chi connectivity index (χ1) is 9.15. The molecule has 0 unspecified atom stereocenters. The molecular weight excluding hydrogens is 242 g/mol. The lowest BCUT2D eigenvalue weighted by molar-refractivity contribution is 0.313. The molecule has 0 fully saturated rings. The van der Waals surface area contributed by atoms with Gasteiger partial charge in [-0.2, -0.15) is 4.98 Å². The Morgan fingerprint density at radius 1 is 1.26 bits per heavy atom. The molecule has 5 nitrogen and oxygen atoms in total. The van der Waals surface area contributed by atoms with E-state index in [1.54, 1.807) is 0 Å². The second-order valence-corrected chi connectivity index (χ2v) is 4.50.